The molecular formula is C37H54N2O6. The maximum absolute atomic E-state index is 13.6. The molecule has 2 aromatic rings. The van der Waals surface area contributed by atoms with Crippen LogP contribution in [-0.2, 0) is 0 Å². The van der Waals surface area contributed by atoms with Crippen LogP contribution in [0.15, 0.2) is 24.3 Å². The molecule has 2 unspecified atom stereocenters. The van der Waals surface area contributed by atoms with Gasteiger partial charge in [0.2, 0.25) is 0 Å². The molecule has 1 saturated carbocycles. The second kappa shape index (κ2) is 17.4. The molecule has 1 fully saturated rings. The van der Waals surface area contributed by atoms with Gasteiger partial charge in [-0.25, -0.2) is 4.79 Å². The number of rotatable bonds is 20. The Morgan fingerprint density at radius 3 is 1.89 bits per heavy atom. The van der Waals surface area contributed by atoms with Crippen molar-refractivity contribution >= 4 is 17.5 Å². The lowest BCUT2D eigenvalue weighted by molar-refractivity contribution is -0.384. The molecule has 2 aliphatic rings. The van der Waals surface area contributed by atoms with Crippen molar-refractivity contribution in [2.45, 2.75) is 148 Å². The van der Waals surface area contributed by atoms with E-state index in [0.29, 0.717) is 18.5 Å². The number of carbonyl (C=O) groups excluding carboxylic acids is 1. The summed E-state index contributed by atoms with van der Waals surface area (Å²) in [4.78, 5) is 25.7. The first-order chi connectivity index (χ1) is 21.8. The zero-order valence-electron chi connectivity index (χ0n) is 27.5. The van der Waals surface area contributed by atoms with Crippen molar-refractivity contribution in [2.75, 3.05) is 11.4 Å². The molecule has 8 heteroatoms. The Bertz CT molecular complexity index is 1280. The van der Waals surface area contributed by atoms with Gasteiger partial charge in [-0.3, -0.25) is 15.0 Å². The number of phenolic OH excluding ortho intramolecular Hbond substituents is 2. The molecule has 2 atom stereocenters. The number of benzene rings is 2. The van der Waals surface area contributed by atoms with Crippen LogP contribution < -0.4 is 9.64 Å². The number of carbonyl (C=O) groups is 1. The van der Waals surface area contributed by atoms with E-state index >= 15 is 0 Å². The summed E-state index contributed by atoms with van der Waals surface area (Å²) in [5.41, 5.74) is 2.18. The number of unbranched alkanes of at least 4 members (excludes halogenated alkanes) is 15. The smallest absolute Gasteiger partial charge is 0.419 e. The van der Waals surface area contributed by atoms with Gasteiger partial charge in [-0.1, -0.05) is 109 Å². The van der Waals surface area contributed by atoms with Gasteiger partial charge >= 0.3 is 6.09 Å². The topological polar surface area (TPSA) is 113 Å². The molecule has 0 aromatic heterocycles. The fraction of sp³-hybridized carbons (Fsp3) is 0.649. The lowest BCUT2D eigenvalue weighted by Gasteiger charge is -2.29. The average molecular weight is 623 g/mol. The van der Waals surface area contributed by atoms with Gasteiger partial charge < -0.3 is 14.9 Å². The Morgan fingerprint density at radius 2 is 1.36 bits per heavy atom. The molecule has 0 spiro atoms. The van der Waals surface area contributed by atoms with Gasteiger partial charge in [0.05, 0.1) is 16.7 Å². The minimum atomic E-state index is -0.725. The molecule has 2 aliphatic carbocycles. The second-order valence-electron chi connectivity index (χ2n) is 13.3. The standard InChI is InChI=1S/C37H54N2O6/c1-3-4-5-6-7-8-9-10-11-12-13-14-15-16-17-18-24-38(37(42)45-31-21-19-20-30(26-31)39(43)44)34-27(2)35(40)32-28-22-23-29(25-28)33(32)36(34)41/h19-21,26,28-29,40-41H,3-18,22-25H2,1-2H3. The molecule has 45 heavy (non-hydrogen) atoms. The number of fused-ring (bicyclic) bond motifs is 5. The van der Waals surface area contributed by atoms with E-state index in [0.717, 1.165) is 49.7 Å². The number of aromatic hydroxyl groups is 2. The zero-order valence-corrected chi connectivity index (χ0v) is 27.5. The molecule has 1 amide bonds. The van der Waals surface area contributed by atoms with Gasteiger partial charge in [0.15, 0.2) is 0 Å². The van der Waals surface area contributed by atoms with E-state index in [1.54, 1.807) is 6.92 Å². The van der Waals surface area contributed by atoms with Crippen LogP contribution in [0.5, 0.6) is 17.2 Å². The first-order valence-corrected chi connectivity index (χ1v) is 17.7. The maximum Gasteiger partial charge on any atom is 0.419 e. The Balaban J connectivity index is 1.29. The number of hydrogen-bond acceptors (Lipinski definition) is 6. The summed E-state index contributed by atoms with van der Waals surface area (Å²) in [7, 11) is 0. The van der Waals surface area contributed by atoms with Crippen molar-refractivity contribution in [2.24, 2.45) is 0 Å². The van der Waals surface area contributed by atoms with E-state index in [9.17, 15) is 25.1 Å². The number of hydrogen-bond donors (Lipinski definition) is 2. The van der Waals surface area contributed by atoms with Gasteiger partial charge in [0.1, 0.15) is 17.2 Å². The average Bonchev–Trinajstić information content (AvgIpc) is 3.65. The summed E-state index contributed by atoms with van der Waals surface area (Å²) in [6.07, 6.45) is 22.1. The highest BCUT2D eigenvalue weighted by Gasteiger charge is 2.43. The summed E-state index contributed by atoms with van der Waals surface area (Å²) in [5.74, 6) is 0.701. The molecule has 2 aromatic carbocycles. The Morgan fingerprint density at radius 1 is 0.844 bits per heavy atom. The lowest BCUT2D eigenvalue weighted by Crippen LogP contribution is -2.35. The summed E-state index contributed by atoms with van der Waals surface area (Å²) in [5, 5.41) is 34.0. The van der Waals surface area contributed by atoms with Gasteiger partial charge in [0.25, 0.3) is 5.69 Å². The van der Waals surface area contributed by atoms with Crippen LogP contribution >= 0.6 is 0 Å². The van der Waals surface area contributed by atoms with E-state index in [2.05, 4.69) is 6.92 Å². The Kier molecular flexibility index (Phi) is 13.4. The number of phenols is 2. The van der Waals surface area contributed by atoms with Crippen LogP contribution in [0.2, 0.25) is 0 Å². The monoisotopic (exact) mass is 622 g/mol. The van der Waals surface area contributed by atoms with Crippen molar-refractivity contribution in [1.82, 2.24) is 0 Å². The second-order valence-corrected chi connectivity index (χ2v) is 13.3. The van der Waals surface area contributed by atoms with Gasteiger partial charge in [-0.15, -0.1) is 0 Å². The quantitative estimate of drug-likeness (QED) is 0.0657. The molecule has 0 aliphatic heterocycles. The maximum atomic E-state index is 13.6. The Hall–Kier alpha value is -3.29. The number of nitrogens with zero attached hydrogens (tertiary/aromatic N) is 2. The van der Waals surface area contributed by atoms with E-state index in [4.69, 9.17) is 4.74 Å². The van der Waals surface area contributed by atoms with Crippen LogP contribution in [-0.4, -0.2) is 27.8 Å². The molecule has 2 N–H and O–H groups in total. The summed E-state index contributed by atoms with van der Waals surface area (Å²) in [6.45, 7) is 4.31. The number of amides is 1. The summed E-state index contributed by atoms with van der Waals surface area (Å²) < 4.78 is 5.62. The van der Waals surface area contributed by atoms with Gasteiger partial charge in [-0.05, 0) is 50.5 Å². The van der Waals surface area contributed by atoms with Gasteiger partial charge in [0, 0.05) is 29.3 Å². The number of nitro groups is 1. The predicted molar refractivity (Wildman–Crippen MR) is 180 cm³/mol. The minimum Gasteiger partial charge on any atom is -0.507 e. The molecule has 0 radical (unpaired) electrons. The number of ether oxygens (including phenoxy) is 1. The largest absolute Gasteiger partial charge is 0.507 e. The molecule has 248 valence electrons. The number of nitro benzene ring substituents is 1. The van der Waals surface area contributed by atoms with Crippen molar-refractivity contribution in [3.05, 3.63) is 51.1 Å². The number of non-ortho nitro benzene ring substituents is 1. The van der Waals surface area contributed by atoms with E-state index in [1.807, 2.05) is 0 Å². The summed E-state index contributed by atoms with van der Waals surface area (Å²) in [6, 6.07) is 5.54. The Labute approximate surface area is 269 Å². The third-order valence-corrected chi connectivity index (χ3v) is 9.94. The summed E-state index contributed by atoms with van der Waals surface area (Å²) >= 11 is 0. The van der Waals surface area contributed by atoms with Gasteiger partial charge in [-0.2, -0.15) is 0 Å². The predicted octanol–water partition coefficient (Wildman–Crippen LogP) is 10.9. The lowest BCUT2D eigenvalue weighted by atomic mass is 9.87. The molecule has 0 heterocycles. The minimum absolute atomic E-state index is 0.0555. The normalized spacial score (nSPS) is 16.6. The van der Waals surface area contributed by atoms with E-state index in [-0.39, 0.29) is 40.5 Å². The van der Waals surface area contributed by atoms with Crippen LogP contribution in [0.4, 0.5) is 16.2 Å². The highest BCUT2D eigenvalue weighted by atomic mass is 16.6. The fourth-order valence-electron chi connectivity index (χ4n) is 7.47. The van der Waals surface area contributed by atoms with Crippen LogP contribution in [0.25, 0.3) is 0 Å². The fourth-order valence-corrected chi connectivity index (χ4v) is 7.47. The third kappa shape index (κ3) is 9.14. The molecule has 2 bridgehead atoms. The van der Waals surface area contributed by atoms with Crippen LogP contribution in [0.1, 0.15) is 157 Å². The molecule has 4 rings (SSSR count). The first-order valence-electron chi connectivity index (χ1n) is 17.7. The molecule has 0 saturated heterocycles. The van der Waals surface area contributed by atoms with E-state index < -0.39 is 11.0 Å². The zero-order chi connectivity index (χ0) is 32.2. The van der Waals surface area contributed by atoms with Crippen LogP contribution in [0, 0.1) is 17.0 Å². The third-order valence-electron chi connectivity index (χ3n) is 9.94. The highest BCUT2D eigenvalue weighted by molar-refractivity contribution is 5.94. The van der Waals surface area contributed by atoms with Crippen molar-refractivity contribution < 1.29 is 24.7 Å². The highest BCUT2D eigenvalue weighted by Crippen LogP contribution is 2.61. The van der Waals surface area contributed by atoms with Crippen molar-refractivity contribution in [3.63, 3.8) is 0 Å². The van der Waals surface area contributed by atoms with Crippen molar-refractivity contribution in [3.8, 4) is 17.2 Å². The first kappa shape index (κ1) is 34.6. The van der Waals surface area contributed by atoms with Crippen LogP contribution in [0.3, 0.4) is 0 Å². The van der Waals surface area contributed by atoms with Crippen molar-refractivity contribution in [1.29, 1.82) is 0 Å². The van der Waals surface area contributed by atoms with E-state index in [1.165, 1.54) is 106 Å². The molecular weight excluding hydrogens is 568 g/mol. The molecule has 8 nitrogen and oxygen atoms in total. The SMILES string of the molecule is CCCCCCCCCCCCCCCCCCN(C(=O)Oc1cccc([N+](=O)[O-])c1)c1c(C)c(O)c2c(c1O)C1CCC2C1. The number of anilines is 1.